The highest BCUT2D eigenvalue weighted by molar-refractivity contribution is 5.52. The summed E-state index contributed by atoms with van der Waals surface area (Å²) in [4.78, 5) is 0. The van der Waals surface area contributed by atoms with Gasteiger partial charge < -0.3 is 10.4 Å². The maximum Gasteiger partial charge on any atom is 0.0431 e. The number of para-hydroxylation sites is 1. The third-order valence-electron chi connectivity index (χ3n) is 2.98. The Labute approximate surface area is 105 Å². The first-order valence-corrected chi connectivity index (χ1v) is 6.69. The van der Waals surface area contributed by atoms with Crippen LogP contribution in [0.4, 0.5) is 5.69 Å². The average molecular weight is 235 g/mol. The Bertz CT molecular complexity index is 310. The minimum Gasteiger partial charge on any atom is -0.396 e. The lowest BCUT2D eigenvalue weighted by Crippen LogP contribution is -2.05. The van der Waals surface area contributed by atoms with Crippen molar-refractivity contribution < 1.29 is 5.11 Å². The van der Waals surface area contributed by atoms with Crippen LogP contribution in [0.3, 0.4) is 0 Å². The standard InChI is InChI=1S/C15H25NO/c1-13(2)14-9-5-6-10-15(14)16-11-7-3-4-8-12-17/h5-6,9-10,13,16-17H,3-4,7-8,11-12H2,1-2H3. The number of rotatable bonds is 8. The Kier molecular flexibility index (Phi) is 6.71. The number of hydrogen-bond acceptors (Lipinski definition) is 2. The van der Waals surface area contributed by atoms with Crippen LogP contribution in [0.15, 0.2) is 24.3 Å². The molecule has 0 fully saturated rings. The van der Waals surface area contributed by atoms with Crippen molar-refractivity contribution in [1.82, 2.24) is 0 Å². The van der Waals surface area contributed by atoms with Crippen LogP contribution in [0.25, 0.3) is 0 Å². The number of anilines is 1. The molecule has 0 unspecified atom stereocenters. The van der Waals surface area contributed by atoms with E-state index in [0.29, 0.717) is 12.5 Å². The molecule has 0 atom stereocenters. The maximum absolute atomic E-state index is 8.68. The number of aliphatic hydroxyl groups excluding tert-OH is 1. The van der Waals surface area contributed by atoms with Crippen molar-refractivity contribution in [3.63, 3.8) is 0 Å². The van der Waals surface area contributed by atoms with Crippen molar-refractivity contribution in [1.29, 1.82) is 0 Å². The van der Waals surface area contributed by atoms with Crippen molar-refractivity contribution in [2.75, 3.05) is 18.5 Å². The minimum absolute atomic E-state index is 0.323. The number of aliphatic hydroxyl groups is 1. The minimum atomic E-state index is 0.323. The molecule has 0 bridgehead atoms. The van der Waals surface area contributed by atoms with Gasteiger partial charge in [-0.15, -0.1) is 0 Å². The smallest absolute Gasteiger partial charge is 0.0431 e. The van der Waals surface area contributed by atoms with Crippen LogP contribution in [0, 0.1) is 0 Å². The second-order valence-corrected chi connectivity index (χ2v) is 4.81. The van der Waals surface area contributed by atoms with Gasteiger partial charge in [0.05, 0.1) is 0 Å². The Morgan fingerprint density at radius 3 is 2.47 bits per heavy atom. The fourth-order valence-electron chi connectivity index (χ4n) is 1.97. The van der Waals surface area contributed by atoms with Gasteiger partial charge in [-0.25, -0.2) is 0 Å². The van der Waals surface area contributed by atoms with Crippen LogP contribution in [0.2, 0.25) is 0 Å². The van der Waals surface area contributed by atoms with Crippen LogP contribution >= 0.6 is 0 Å². The third kappa shape index (κ3) is 5.22. The maximum atomic E-state index is 8.68. The van der Waals surface area contributed by atoms with Crippen LogP contribution < -0.4 is 5.32 Å². The molecule has 0 amide bonds. The first-order chi connectivity index (χ1) is 8.25. The summed E-state index contributed by atoms with van der Waals surface area (Å²) in [5.74, 6) is 0.563. The number of hydrogen-bond donors (Lipinski definition) is 2. The van der Waals surface area contributed by atoms with E-state index in [-0.39, 0.29) is 0 Å². The fourth-order valence-corrected chi connectivity index (χ4v) is 1.97. The fraction of sp³-hybridized carbons (Fsp3) is 0.600. The van der Waals surface area contributed by atoms with Gasteiger partial charge in [-0.05, 0) is 30.4 Å². The van der Waals surface area contributed by atoms with E-state index in [2.05, 4.69) is 43.4 Å². The monoisotopic (exact) mass is 235 g/mol. The van der Waals surface area contributed by atoms with E-state index in [1.54, 1.807) is 0 Å². The highest BCUT2D eigenvalue weighted by Gasteiger charge is 2.04. The Morgan fingerprint density at radius 1 is 1.06 bits per heavy atom. The lowest BCUT2D eigenvalue weighted by atomic mass is 10.0. The molecule has 0 aliphatic carbocycles. The van der Waals surface area contributed by atoms with Crippen LogP contribution in [-0.4, -0.2) is 18.3 Å². The summed E-state index contributed by atoms with van der Waals surface area (Å²) in [6.07, 6.45) is 4.43. The first kappa shape index (κ1) is 14.0. The Balaban J connectivity index is 2.31. The van der Waals surface area contributed by atoms with Crippen LogP contribution in [0.5, 0.6) is 0 Å². The van der Waals surface area contributed by atoms with Crippen molar-refractivity contribution in [2.45, 2.75) is 45.4 Å². The van der Waals surface area contributed by atoms with E-state index in [1.165, 1.54) is 24.1 Å². The highest BCUT2D eigenvalue weighted by atomic mass is 16.2. The summed E-state index contributed by atoms with van der Waals surface area (Å²) in [5.41, 5.74) is 2.66. The molecule has 2 nitrogen and oxygen atoms in total. The molecule has 0 radical (unpaired) electrons. The van der Waals surface area contributed by atoms with Gasteiger partial charge in [-0.1, -0.05) is 44.9 Å². The number of unbranched alkanes of at least 4 members (excludes halogenated alkanes) is 3. The molecule has 0 aromatic heterocycles. The van der Waals surface area contributed by atoms with Gasteiger partial charge in [0.25, 0.3) is 0 Å². The molecule has 0 aliphatic rings. The van der Waals surface area contributed by atoms with Gasteiger partial charge >= 0.3 is 0 Å². The zero-order valence-electron chi connectivity index (χ0n) is 11.1. The molecule has 0 saturated heterocycles. The molecule has 0 saturated carbocycles. The molecule has 0 heterocycles. The molecule has 1 rings (SSSR count). The second kappa shape index (κ2) is 8.13. The highest BCUT2D eigenvalue weighted by Crippen LogP contribution is 2.23. The van der Waals surface area contributed by atoms with Gasteiger partial charge in [0, 0.05) is 18.8 Å². The molecular weight excluding hydrogens is 210 g/mol. The Hall–Kier alpha value is -1.02. The molecule has 0 aliphatic heterocycles. The van der Waals surface area contributed by atoms with Crippen LogP contribution in [-0.2, 0) is 0 Å². The van der Waals surface area contributed by atoms with E-state index in [4.69, 9.17) is 5.11 Å². The topological polar surface area (TPSA) is 32.3 Å². The SMILES string of the molecule is CC(C)c1ccccc1NCCCCCCO. The predicted octanol–water partition coefficient (Wildman–Crippen LogP) is 3.77. The normalized spacial score (nSPS) is 10.8. The van der Waals surface area contributed by atoms with Gasteiger partial charge in [-0.3, -0.25) is 0 Å². The van der Waals surface area contributed by atoms with Crippen molar-refractivity contribution in [2.24, 2.45) is 0 Å². The summed E-state index contributed by atoms with van der Waals surface area (Å²) in [6, 6.07) is 8.53. The van der Waals surface area contributed by atoms with E-state index < -0.39 is 0 Å². The van der Waals surface area contributed by atoms with E-state index >= 15 is 0 Å². The zero-order valence-corrected chi connectivity index (χ0v) is 11.1. The van der Waals surface area contributed by atoms with Crippen molar-refractivity contribution >= 4 is 5.69 Å². The molecule has 96 valence electrons. The zero-order chi connectivity index (χ0) is 12.5. The second-order valence-electron chi connectivity index (χ2n) is 4.81. The molecule has 2 N–H and O–H groups in total. The molecule has 1 aromatic carbocycles. The molecule has 17 heavy (non-hydrogen) atoms. The quantitative estimate of drug-likeness (QED) is 0.672. The summed E-state index contributed by atoms with van der Waals surface area (Å²) >= 11 is 0. The van der Waals surface area contributed by atoms with E-state index in [0.717, 1.165) is 19.4 Å². The lowest BCUT2D eigenvalue weighted by Gasteiger charge is -2.14. The van der Waals surface area contributed by atoms with E-state index in [9.17, 15) is 0 Å². The average Bonchev–Trinajstić information content (AvgIpc) is 2.34. The largest absolute Gasteiger partial charge is 0.396 e. The molecule has 1 aromatic rings. The summed E-state index contributed by atoms with van der Waals surface area (Å²) in [6.45, 7) is 5.79. The van der Waals surface area contributed by atoms with Gasteiger partial charge in [-0.2, -0.15) is 0 Å². The lowest BCUT2D eigenvalue weighted by molar-refractivity contribution is 0.283. The van der Waals surface area contributed by atoms with Gasteiger partial charge in [0.1, 0.15) is 0 Å². The van der Waals surface area contributed by atoms with Crippen LogP contribution in [0.1, 0.15) is 51.0 Å². The first-order valence-electron chi connectivity index (χ1n) is 6.69. The predicted molar refractivity (Wildman–Crippen MR) is 74.6 cm³/mol. The molecule has 0 spiro atoms. The summed E-state index contributed by atoms with van der Waals surface area (Å²) < 4.78 is 0. The number of nitrogens with one attached hydrogen (secondary N) is 1. The Morgan fingerprint density at radius 2 is 1.76 bits per heavy atom. The van der Waals surface area contributed by atoms with Gasteiger partial charge in [0.2, 0.25) is 0 Å². The summed E-state index contributed by atoms with van der Waals surface area (Å²) in [7, 11) is 0. The number of benzene rings is 1. The molecular formula is C15H25NO. The van der Waals surface area contributed by atoms with Gasteiger partial charge in [0.15, 0.2) is 0 Å². The van der Waals surface area contributed by atoms with Crippen molar-refractivity contribution in [3.8, 4) is 0 Å². The molecule has 2 heteroatoms. The van der Waals surface area contributed by atoms with Crippen molar-refractivity contribution in [3.05, 3.63) is 29.8 Å². The van der Waals surface area contributed by atoms with E-state index in [1.807, 2.05) is 0 Å². The third-order valence-corrected chi connectivity index (χ3v) is 2.98. The summed E-state index contributed by atoms with van der Waals surface area (Å²) in [5, 5.41) is 12.2.